The summed E-state index contributed by atoms with van der Waals surface area (Å²) in [5.41, 5.74) is 0. The van der Waals surface area contributed by atoms with Crippen molar-refractivity contribution in [2.45, 2.75) is 28.4 Å². The van der Waals surface area contributed by atoms with Crippen molar-refractivity contribution in [2.75, 3.05) is 26.7 Å². The highest BCUT2D eigenvalue weighted by Gasteiger charge is 2.28. The zero-order valence-electron chi connectivity index (χ0n) is 14.1. The molecule has 0 bridgehead atoms. The third-order valence-corrected chi connectivity index (χ3v) is 5.76. The quantitative estimate of drug-likeness (QED) is 0.526. The lowest BCUT2D eigenvalue weighted by Crippen LogP contribution is -2.32. The van der Waals surface area contributed by atoms with Gasteiger partial charge in [-0.05, 0) is 38.7 Å². The minimum absolute atomic E-state index is 0. The van der Waals surface area contributed by atoms with E-state index in [-0.39, 0.29) is 12.4 Å². The third kappa shape index (κ3) is 8.92. The molecule has 2 rings (SSSR count). The van der Waals surface area contributed by atoms with Crippen LogP contribution in [0.5, 0.6) is 0 Å². The van der Waals surface area contributed by atoms with E-state index in [0.29, 0.717) is 31.2 Å². The fourth-order valence-corrected chi connectivity index (χ4v) is 4.52. The molecule has 1 N–H and O–H groups in total. The number of alkyl halides is 3. The number of aromatic nitrogens is 1. The van der Waals surface area contributed by atoms with E-state index in [1.165, 1.54) is 23.3 Å². The lowest BCUT2D eigenvalue weighted by molar-refractivity contribution is -0.143. The third-order valence-electron chi connectivity index (χ3n) is 3.21. The van der Waals surface area contributed by atoms with Gasteiger partial charge in [0.1, 0.15) is 5.15 Å². The second-order valence-electron chi connectivity index (χ2n) is 5.49. The molecule has 3 nitrogen and oxygen atoms in total. The maximum atomic E-state index is 12.2. The first-order chi connectivity index (χ1) is 11.8. The second-order valence-corrected chi connectivity index (χ2v) is 8.25. The van der Waals surface area contributed by atoms with E-state index in [4.69, 9.17) is 11.6 Å². The van der Waals surface area contributed by atoms with Crippen molar-refractivity contribution in [3.63, 3.8) is 0 Å². The summed E-state index contributed by atoms with van der Waals surface area (Å²) in [6, 6.07) is 9.91. The van der Waals surface area contributed by atoms with Crippen LogP contribution in [-0.2, 0) is 6.54 Å². The van der Waals surface area contributed by atoms with Crippen LogP contribution in [-0.4, -0.2) is 42.7 Å². The summed E-state index contributed by atoms with van der Waals surface area (Å²) in [5, 5.41) is 3.68. The average molecular weight is 446 g/mol. The SMILES string of the molecule is CN(CCCNCc1sc(Sc2ccccc2)nc1Cl)CC(F)(F)F.Cl. The lowest BCUT2D eigenvalue weighted by atomic mass is 10.3. The molecule has 0 unspecified atom stereocenters. The van der Waals surface area contributed by atoms with Crippen molar-refractivity contribution in [2.24, 2.45) is 0 Å². The number of rotatable bonds is 9. The van der Waals surface area contributed by atoms with Gasteiger partial charge in [0.05, 0.1) is 11.4 Å². The molecule has 0 aliphatic rings. The van der Waals surface area contributed by atoms with Gasteiger partial charge in [0, 0.05) is 11.4 Å². The number of hydrogen-bond acceptors (Lipinski definition) is 5. The van der Waals surface area contributed by atoms with E-state index in [1.54, 1.807) is 11.8 Å². The van der Waals surface area contributed by atoms with E-state index in [1.807, 2.05) is 30.3 Å². The highest BCUT2D eigenvalue weighted by Crippen LogP contribution is 2.34. The molecule has 0 atom stereocenters. The summed E-state index contributed by atoms with van der Waals surface area (Å²) in [5.74, 6) is 0. The molecule has 146 valence electrons. The molecule has 1 aromatic carbocycles. The van der Waals surface area contributed by atoms with Crippen LogP contribution in [0.1, 0.15) is 11.3 Å². The number of nitrogens with zero attached hydrogens (tertiary/aromatic N) is 2. The van der Waals surface area contributed by atoms with Gasteiger partial charge in [0.25, 0.3) is 0 Å². The van der Waals surface area contributed by atoms with Crippen LogP contribution in [0.15, 0.2) is 39.6 Å². The van der Waals surface area contributed by atoms with Crippen LogP contribution in [0.2, 0.25) is 5.15 Å². The smallest absolute Gasteiger partial charge is 0.312 e. The first-order valence-corrected chi connectivity index (χ1v) is 9.69. The Labute approximate surface area is 170 Å². The van der Waals surface area contributed by atoms with E-state index < -0.39 is 12.7 Å². The summed E-state index contributed by atoms with van der Waals surface area (Å²) in [7, 11) is 1.47. The number of thiazole rings is 1. The number of nitrogens with one attached hydrogen (secondary N) is 1. The predicted octanol–water partition coefficient (Wildman–Crippen LogP) is 5.34. The molecule has 1 aromatic heterocycles. The molecule has 0 aliphatic heterocycles. The Morgan fingerprint density at radius 2 is 1.96 bits per heavy atom. The molecule has 1 heterocycles. The van der Waals surface area contributed by atoms with E-state index in [0.717, 1.165) is 14.1 Å². The van der Waals surface area contributed by atoms with Crippen molar-refractivity contribution >= 4 is 47.1 Å². The Bertz CT molecular complexity index is 654. The largest absolute Gasteiger partial charge is 0.401 e. The summed E-state index contributed by atoms with van der Waals surface area (Å²) in [6.07, 6.45) is -3.51. The summed E-state index contributed by atoms with van der Waals surface area (Å²) in [4.78, 5) is 7.65. The van der Waals surface area contributed by atoms with Gasteiger partial charge in [0.2, 0.25) is 0 Å². The first-order valence-electron chi connectivity index (χ1n) is 7.67. The summed E-state index contributed by atoms with van der Waals surface area (Å²) >= 11 is 9.24. The maximum absolute atomic E-state index is 12.2. The van der Waals surface area contributed by atoms with E-state index in [9.17, 15) is 13.2 Å². The first kappa shape index (κ1) is 23.5. The molecule has 2 aromatic rings. The van der Waals surface area contributed by atoms with Crippen LogP contribution in [0.25, 0.3) is 0 Å². The molecule has 0 radical (unpaired) electrons. The predicted molar refractivity (Wildman–Crippen MR) is 105 cm³/mol. The van der Waals surface area contributed by atoms with Gasteiger partial charge in [-0.25, -0.2) is 4.98 Å². The molecule has 0 saturated carbocycles. The molecule has 26 heavy (non-hydrogen) atoms. The number of halogens is 5. The monoisotopic (exact) mass is 445 g/mol. The van der Waals surface area contributed by atoms with Crippen LogP contribution >= 0.6 is 47.1 Å². The molecule has 0 amide bonds. The van der Waals surface area contributed by atoms with Gasteiger partial charge < -0.3 is 5.32 Å². The van der Waals surface area contributed by atoms with Gasteiger partial charge >= 0.3 is 6.18 Å². The normalized spacial score (nSPS) is 11.6. The summed E-state index contributed by atoms with van der Waals surface area (Å²) < 4.78 is 37.6. The highest BCUT2D eigenvalue weighted by molar-refractivity contribution is 8.01. The number of hydrogen-bond donors (Lipinski definition) is 1. The Hall–Kier alpha value is -0.510. The van der Waals surface area contributed by atoms with Crippen molar-refractivity contribution in [1.29, 1.82) is 0 Å². The molecule has 0 aliphatic carbocycles. The maximum Gasteiger partial charge on any atom is 0.401 e. The van der Waals surface area contributed by atoms with Crippen LogP contribution < -0.4 is 5.32 Å². The van der Waals surface area contributed by atoms with Gasteiger partial charge in [-0.3, -0.25) is 4.90 Å². The fraction of sp³-hybridized carbons (Fsp3) is 0.438. The Morgan fingerprint density at radius 1 is 1.27 bits per heavy atom. The zero-order chi connectivity index (χ0) is 18.3. The molecular formula is C16H20Cl2F3N3S2. The van der Waals surface area contributed by atoms with Crippen molar-refractivity contribution in [1.82, 2.24) is 15.2 Å². The Kier molecular flexibility index (Phi) is 10.3. The molecule has 10 heteroatoms. The van der Waals surface area contributed by atoms with Crippen LogP contribution in [0.3, 0.4) is 0 Å². The average Bonchev–Trinajstić information content (AvgIpc) is 2.86. The fourth-order valence-electron chi connectivity index (χ4n) is 2.12. The zero-order valence-corrected chi connectivity index (χ0v) is 17.3. The Morgan fingerprint density at radius 3 is 2.62 bits per heavy atom. The van der Waals surface area contributed by atoms with Gasteiger partial charge in [0.15, 0.2) is 4.34 Å². The number of benzene rings is 1. The standard InChI is InChI=1S/C16H19ClF3N3S2.ClH/c1-23(11-16(18,19)20)9-5-8-21-10-13-14(17)22-15(25-13)24-12-6-3-2-4-7-12;/h2-4,6-7,21H,5,8-11H2,1H3;1H. The summed E-state index contributed by atoms with van der Waals surface area (Å²) in [6.45, 7) is 0.693. The lowest BCUT2D eigenvalue weighted by Gasteiger charge is -2.18. The van der Waals surface area contributed by atoms with Crippen molar-refractivity contribution in [3.8, 4) is 0 Å². The van der Waals surface area contributed by atoms with Crippen molar-refractivity contribution in [3.05, 3.63) is 40.4 Å². The van der Waals surface area contributed by atoms with Crippen LogP contribution in [0.4, 0.5) is 13.2 Å². The van der Waals surface area contributed by atoms with Gasteiger partial charge in [-0.2, -0.15) is 13.2 Å². The van der Waals surface area contributed by atoms with E-state index in [2.05, 4.69) is 10.3 Å². The van der Waals surface area contributed by atoms with E-state index >= 15 is 0 Å². The van der Waals surface area contributed by atoms with Gasteiger partial charge in [-0.1, -0.05) is 41.6 Å². The second kappa shape index (κ2) is 11.4. The minimum atomic E-state index is -4.15. The molecule has 0 saturated heterocycles. The molecule has 0 spiro atoms. The minimum Gasteiger partial charge on any atom is -0.312 e. The Balaban J connectivity index is 0.00000338. The highest BCUT2D eigenvalue weighted by atomic mass is 35.5. The van der Waals surface area contributed by atoms with Crippen LogP contribution in [0, 0.1) is 0 Å². The van der Waals surface area contributed by atoms with Gasteiger partial charge in [-0.15, -0.1) is 23.7 Å². The molecule has 0 fully saturated rings. The molecular weight excluding hydrogens is 426 g/mol. The topological polar surface area (TPSA) is 28.2 Å². The van der Waals surface area contributed by atoms with Crippen molar-refractivity contribution < 1.29 is 13.2 Å².